The molecule has 1 aliphatic heterocycles. The topological polar surface area (TPSA) is 84.1 Å². The fourth-order valence-electron chi connectivity index (χ4n) is 1.99. The summed E-state index contributed by atoms with van der Waals surface area (Å²) in [6.45, 7) is 2.04. The number of hydrogen-bond acceptors (Lipinski definition) is 5. The number of amides is 1. The minimum absolute atomic E-state index is 0.340. The molecule has 0 spiro atoms. The number of hydrogen-bond donors (Lipinski definition) is 2. The Balaban J connectivity index is 2.07. The third kappa shape index (κ3) is 2.71. The summed E-state index contributed by atoms with van der Waals surface area (Å²) in [6.07, 6.45) is 5.11. The van der Waals surface area contributed by atoms with Gasteiger partial charge in [0.15, 0.2) is 0 Å². The van der Waals surface area contributed by atoms with Crippen molar-refractivity contribution in [2.75, 3.05) is 25.0 Å². The number of anilines is 1. The number of piperidine rings is 1. The Bertz CT molecular complexity index is 385. The number of nitrogens with zero attached hydrogens (tertiary/aromatic N) is 3. The zero-order valence-corrected chi connectivity index (χ0v) is 9.89. The lowest BCUT2D eigenvalue weighted by Crippen LogP contribution is -2.41. The van der Waals surface area contributed by atoms with Gasteiger partial charge in [0.05, 0.1) is 5.56 Å². The van der Waals surface area contributed by atoms with Gasteiger partial charge in [0.1, 0.15) is 0 Å². The number of rotatable bonds is 3. The van der Waals surface area contributed by atoms with Gasteiger partial charge in [-0.3, -0.25) is 4.79 Å². The molecule has 1 fully saturated rings. The molecule has 0 saturated carbocycles. The molecule has 0 radical (unpaired) electrons. The summed E-state index contributed by atoms with van der Waals surface area (Å²) in [5.41, 5.74) is 5.48. The number of carbonyl (C=O) groups is 1. The fourth-order valence-corrected chi connectivity index (χ4v) is 1.99. The summed E-state index contributed by atoms with van der Waals surface area (Å²) in [5.74, 6) is 0.142. The standard InChI is InChI=1S/C11H17N5O/c1-16(9-2-4-13-5-3-9)11-14-6-8(7-15-11)10(12)17/h6-7,9,13H,2-5H2,1H3,(H2,12,17). The molecule has 1 aliphatic rings. The van der Waals surface area contributed by atoms with Crippen LogP contribution in [0.5, 0.6) is 0 Å². The normalized spacial score (nSPS) is 16.8. The van der Waals surface area contributed by atoms with E-state index < -0.39 is 5.91 Å². The van der Waals surface area contributed by atoms with Gasteiger partial charge in [-0.15, -0.1) is 0 Å². The van der Waals surface area contributed by atoms with Gasteiger partial charge < -0.3 is 16.0 Å². The lowest BCUT2D eigenvalue weighted by atomic mass is 10.1. The van der Waals surface area contributed by atoms with Crippen molar-refractivity contribution in [3.63, 3.8) is 0 Å². The molecule has 1 aromatic heterocycles. The Morgan fingerprint density at radius 3 is 2.53 bits per heavy atom. The number of nitrogens with two attached hydrogens (primary N) is 1. The van der Waals surface area contributed by atoms with Gasteiger partial charge in [0.25, 0.3) is 5.91 Å². The van der Waals surface area contributed by atoms with Crippen LogP contribution in [0.1, 0.15) is 23.2 Å². The first-order valence-corrected chi connectivity index (χ1v) is 5.74. The predicted molar refractivity (Wildman–Crippen MR) is 64.8 cm³/mol. The highest BCUT2D eigenvalue weighted by Gasteiger charge is 2.19. The quantitative estimate of drug-likeness (QED) is 0.755. The first-order valence-electron chi connectivity index (χ1n) is 5.74. The van der Waals surface area contributed by atoms with Crippen LogP contribution in [0.15, 0.2) is 12.4 Å². The lowest BCUT2D eigenvalue weighted by molar-refractivity contribution is 0.0999. The Hall–Kier alpha value is -1.69. The molecule has 0 unspecified atom stereocenters. The lowest BCUT2D eigenvalue weighted by Gasteiger charge is -2.31. The summed E-state index contributed by atoms with van der Waals surface area (Å²) in [6, 6.07) is 0.454. The molecule has 0 aromatic carbocycles. The van der Waals surface area contributed by atoms with E-state index in [9.17, 15) is 4.79 Å². The summed E-state index contributed by atoms with van der Waals surface area (Å²) >= 11 is 0. The Kier molecular flexibility index (Phi) is 3.53. The van der Waals surface area contributed by atoms with Gasteiger partial charge in [0.2, 0.25) is 5.95 Å². The largest absolute Gasteiger partial charge is 0.366 e. The van der Waals surface area contributed by atoms with Crippen molar-refractivity contribution in [3.8, 4) is 0 Å². The minimum atomic E-state index is -0.499. The van der Waals surface area contributed by atoms with Crippen molar-refractivity contribution in [2.24, 2.45) is 5.73 Å². The zero-order chi connectivity index (χ0) is 12.3. The Labute approximate surface area is 100 Å². The van der Waals surface area contributed by atoms with Gasteiger partial charge in [-0.05, 0) is 25.9 Å². The van der Waals surface area contributed by atoms with E-state index in [-0.39, 0.29) is 0 Å². The van der Waals surface area contributed by atoms with Crippen LogP contribution >= 0.6 is 0 Å². The molecule has 2 heterocycles. The first-order chi connectivity index (χ1) is 8.18. The molecule has 0 bridgehead atoms. The van der Waals surface area contributed by atoms with Gasteiger partial charge in [-0.2, -0.15) is 0 Å². The van der Waals surface area contributed by atoms with Crippen LogP contribution in [0, 0.1) is 0 Å². The summed E-state index contributed by atoms with van der Waals surface area (Å²) in [4.78, 5) is 21.3. The van der Waals surface area contributed by atoms with E-state index >= 15 is 0 Å². The van der Waals surface area contributed by atoms with Gasteiger partial charge in [-0.1, -0.05) is 0 Å². The Morgan fingerprint density at radius 1 is 1.41 bits per heavy atom. The molecule has 6 nitrogen and oxygen atoms in total. The SMILES string of the molecule is CN(c1ncc(C(N)=O)cn1)C1CCNCC1. The van der Waals surface area contributed by atoms with Crippen molar-refractivity contribution in [3.05, 3.63) is 18.0 Å². The molecule has 0 aliphatic carbocycles. The van der Waals surface area contributed by atoms with Gasteiger partial charge in [0, 0.05) is 25.5 Å². The maximum atomic E-state index is 10.9. The fraction of sp³-hybridized carbons (Fsp3) is 0.545. The molecule has 92 valence electrons. The van der Waals surface area contributed by atoms with Crippen LogP contribution in [0.4, 0.5) is 5.95 Å². The van der Waals surface area contributed by atoms with Crippen LogP contribution in [0.2, 0.25) is 0 Å². The van der Waals surface area contributed by atoms with E-state index in [0.717, 1.165) is 25.9 Å². The van der Waals surface area contributed by atoms with Crippen molar-refractivity contribution < 1.29 is 4.79 Å². The first kappa shape index (κ1) is 11.8. The molecule has 1 aromatic rings. The molecule has 6 heteroatoms. The maximum Gasteiger partial charge on any atom is 0.251 e. The molecule has 1 amide bonds. The summed E-state index contributed by atoms with van der Waals surface area (Å²) < 4.78 is 0. The van der Waals surface area contributed by atoms with Gasteiger partial charge >= 0.3 is 0 Å². The van der Waals surface area contributed by atoms with Crippen LogP contribution < -0.4 is 16.0 Å². The second-order valence-electron chi connectivity index (χ2n) is 4.23. The van der Waals surface area contributed by atoms with Crippen molar-refractivity contribution in [1.29, 1.82) is 0 Å². The molecule has 2 rings (SSSR count). The van der Waals surface area contributed by atoms with E-state index in [2.05, 4.69) is 20.2 Å². The average Bonchev–Trinajstić information content (AvgIpc) is 2.39. The second-order valence-corrected chi connectivity index (χ2v) is 4.23. The van der Waals surface area contributed by atoms with Crippen molar-refractivity contribution >= 4 is 11.9 Å². The van der Waals surface area contributed by atoms with Crippen LogP contribution in [-0.4, -0.2) is 42.1 Å². The molecular weight excluding hydrogens is 218 g/mol. The molecule has 1 saturated heterocycles. The third-order valence-electron chi connectivity index (χ3n) is 3.09. The third-order valence-corrected chi connectivity index (χ3v) is 3.09. The van der Waals surface area contributed by atoms with E-state index in [0.29, 0.717) is 17.6 Å². The van der Waals surface area contributed by atoms with E-state index in [4.69, 9.17) is 5.73 Å². The number of nitrogens with one attached hydrogen (secondary N) is 1. The maximum absolute atomic E-state index is 10.9. The van der Waals surface area contributed by atoms with Gasteiger partial charge in [-0.25, -0.2) is 9.97 Å². The van der Waals surface area contributed by atoms with E-state index in [1.165, 1.54) is 12.4 Å². The predicted octanol–water partition coefficient (Wildman–Crippen LogP) is -0.236. The highest BCUT2D eigenvalue weighted by molar-refractivity contribution is 5.92. The van der Waals surface area contributed by atoms with Crippen LogP contribution in [-0.2, 0) is 0 Å². The Morgan fingerprint density at radius 2 is 2.00 bits per heavy atom. The smallest absolute Gasteiger partial charge is 0.251 e. The highest BCUT2D eigenvalue weighted by Crippen LogP contribution is 2.15. The van der Waals surface area contributed by atoms with E-state index in [1.54, 1.807) is 0 Å². The second kappa shape index (κ2) is 5.09. The zero-order valence-electron chi connectivity index (χ0n) is 9.89. The van der Waals surface area contributed by atoms with Crippen molar-refractivity contribution in [2.45, 2.75) is 18.9 Å². The summed E-state index contributed by atoms with van der Waals surface area (Å²) in [7, 11) is 1.98. The van der Waals surface area contributed by atoms with E-state index in [1.807, 2.05) is 7.05 Å². The number of primary amides is 1. The number of carbonyl (C=O) groups excluding carboxylic acids is 1. The van der Waals surface area contributed by atoms with Crippen LogP contribution in [0.25, 0.3) is 0 Å². The highest BCUT2D eigenvalue weighted by atomic mass is 16.1. The average molecular weight is 235 g/mol. The van der Waals surface area contributed by atoms with Crippen LogP contribution in [0.3, 0.4) is 0 Å². The summed E-state index contributed by atoms with van der Waals surface area (Å²) in [5, 5.41) is 3.32. The molecular formula is C11H17N5O. The van der Waals surface area contributed by atoms with Crippen molar-refractivity contribution in [1.82, 2.24) is 15.3 Å². The number of aromatic nitrogens is 2. The molecule has 0 atom stereocenters. The monoisotopic (exact) mass is 235 g/mol. The minimum Gasteiger partial charge on any atom is -0.366 e. The molecule has 3 N–H and O–H groups in total. The molecule has 17 heavy (non-hydrogen) atoms.